The molecule has 0 atom stereocenters. The number of aromatic amines is 1. The Morgan fingerprint density at radius 3 is 2.53 bits per heavy atom. The van der Waals surface area contributed by atoms with Gasteiger partial charge < -0.3 is 5.32 Å². The van der Waals surface area contributed by atoms with Gasteiger partial charge in [-0.1, -0.05) is 60.7 Å². The van der Waals surface area contributed by atoms with Crippen molar-refractivity contribution in [2.24, 2.45) is 0 Å². The van der Waals surface area contributed by atoms with Crippen LogP contribution in [0.2, 0.25) is 5.02 Å². The number of nitrogens with one attached hydrogen (secondary N) is 2. The average Bonchev–Trinajstić information content (AvgIpc) is 2.79. The highest BCUT2D eigenvalue weighted by Gasteiger charge is 2.34. The molecule has 1 aliphatic carbocycles. The molecule has 2 N–H and O–H groups in total. The van der Waals surface area contributed by atoms with Crippen molar-refractivity contribution in [1.29, 1.82) is 0 Å². The van der Waals surface area contributed by atoms with Crippen LogP contribution in [0.15, 0.2) is 52.2 Å². The van der Waals surface area contributed by atoms with Crippen LogP contribution in [0.4, 0.5) is 0 Å². The van der Waals surface area contributed by atoms with Gasteiger partial charge in [0.1, 0.15) is 11.9 Å². The molecular formula is C23H24ClN5O3. The van der Waals surface area contributed by atoms with Crippen molar-refractivity contribution in [1.82, 2.24) is 25.1 Å². The van der Waals surface area contributed by atoms with Crippen molar-refractivity contribution in [2.45, 2.75) is 44.4 Å². The molecule has 1 fully saturated rings. The molecular weight excluding hydrogens is 430 g/mol. The molecule has 32 heavy (non-hydrogen) atoms. The number of hydrogen-bond donors (Lipinski definition) is 2. The van der Waals surface area contributed by atoms with Crippen molar-refractivity contribution in [2.75, 3.05) is 6.54 Å². The quantitative estimate of drug-likeness (QED) is 0.617. The third-order valence-electron chi connectivity index (χ3n) is 6.04. The van der Waals surface area contributed by atoms with Crippen LogP contribution in [0.25, 0.3) is 5.82 Å². The largest absolute Gasteiger partial charge is 0.351 e. The Bertz CT molecular complexity index is 1240. The first kappa shape index (κ1) is 22.0. The van der Waals surface area contributed by atoms with Crippen LogP contribution in [-0.2, 0) is 5.41 Å². The van der Waals surface area contributed by atoms with Crippen molar-refractivity contribution < 1.29 is 4.79 Å². The molecule has 1 aliphatic rings. The highest BCUT2D eigenvalue weighted by atomic mass is 35.5. The van der Waals surface area contributed by atoms with E-state index in [-0.39, 0.29) is 21.9 Å². The van der Waals surface area contributed by atoms with Crippen molar-refractivity contribution in [3.05, 3.63) is 85.3 Å². The van der Waals surface area contributed by atoms with E-state index in [1.165, 1.54) is 29.7 Å². The number of nitrogens with zero attached hydrogens (tertiary/aromatic N) is 3. The van der Waals surface area contributed by atoms with E-state index in [4.69, 9.17) is 11.6 Å². The van der Waals surface area contributed by atoms with E-state index in [1.807, 2.05) is 0 Å². The summed E-state index contributed by atoms with van der Waals surface area (Å²) in [5, 5.41) is 6.96. The Kier molecular flexibility index (Phi) is 6.23. The highest BCUT2D eigenvalue weighted by molar-refractivity contribution is 6.33. The first-order valence-corrected chi connectivity index (χ1v) is 11.0. The number of carbonyl (C=O) groups excluding carboxylic acids is 1. The Morgan fingerprint density at radius 1 is 1.12 bits per heavy atom. The van der Waals surface area contributed by atoms with Gasteiger partial charge >= 0.3 is 5.69 Å². The van der Waals surface area contributed by atoms with Gasteiger partial charge in [-0.2, -0.15) is 9.78 Å². The molecule has 3 aromatic rings. The van der Waals surface area contributed by atoms with Crippen LogP contribution in [0.3, 0.4) is 0 Å². The second-order valence-corrected chi connectivity index (χ2v) is 8.65. The Balaban J connectivity index is 1.59. The Hall–Kier alpha value is -3.26. The summed E-state index contributed by atoms with van der Waals surface area (Å²) in [5.41, 5.74) is 0.913. The molecule has 0 radical (unpaired) electrons. The van der Waals surface area contributed by atoms with E-state index in [0.717, 1.165) is 36.6 Å². The topological polar surface area (TPSA) is 110 Å². The fourth-order valence-electron chi connectivity index (χ4n) is 4.26. The summed E-state index contributed by atoms with van der Waals surface area (Å²) in [6, 6.07) is 11.4. The number of amides is 1. The van der Waals surface area contributed by atoms with Crippen LogP contribution in [0.5, 0.6) is 0 Å². The number of pyridine rings is 1. The molecule has 166 valence electrons. The lowest BCUT2D eigenvalue weighted by Gasteiger charge is -2.38. The van der Waals surface area contributed by atoms with E-state index in [0.29, 0.717) is 6.54 Å². The fourth-order valence-corrected chi connectivity index (χ4v) is 4.45. The van der Waals surface area contributed by atoms with Gasteiger partial charge in [0, 0.05) is 12.0 Å². The van der Waals surface area contributed by atoms with Gasteiger partial charge in [0.05, 0.1) is 5.02 Å². The molecule has 0 saturated heterocycles. The minimum Gasteiger partial charge on any atom is -0.350 e. The lowest BCUT2D eigenvalue weighted by Crippen LogP contribution is -2.42. The van der Waals surface area contributed by atoms with Crippen LogP contribution >= 0.6 is 11.6 Å². The summed E-state index contributed by atoms with van der Waals surface area (Å²) in [6.07, 6.45) is 6.37. The van der Waals surface area contributed by atoms with Crippen LogP contribution in [0.1, 0.15) is 53.7 Å². The predicted octanol–water partition coefficient (Wildman–Crippen LogP) is 2.91. The van der Waals surface area contributed by atoms with E-state index >= 15 is 0 Å². The lowest BCUT2D eigenvalue weighted by atomic mass is 9.69. The maximum absolute atomic E-state index is 13.0. The SMILES string of the molecule is Cc1ccc(C2(CNC(=O)c3nc(-n4ncc(=O)[nH]c4=O)ccc3Cl)CCCCC2)cc1. The molecule has 0 unspecified atom stereocenters. The maximum Gasteiger partial charge on any atom is 0.351 e. The van der Waals surface area contributed by atoms with Gasteiger partial charge in [0.15, 0.2) is 5.82 Å². The van der Waals surface area contributed by atoms with Gasteiger partial charge in [0.25, 0.3) is 11.5 Å². The van der Waals surface area contributed by atoms with E-state index in [1.54, 1.807) is 0 Å². The molecule has 1 amide bonds. The van der Waals surface area contributed by atoms with Gasteiger partial charge in [-0.15, -0.1) is 0 Å². The number of H-pyrrole nitrogens is 1. The first-order chi connectivity index (χ1) is 15.4. The minimum absolute atomic E-state index is 0.000989. The number of carbonyl (C=O) groups is 1. The highest BCUT2D eigenvalue weighted by Crippen LogP contribution is 2.39. The number of rotatable bonds is 5. The predicted molar refractivity (Wildman–Crippen MR) is 122 cm³/mol. The molecule has 2 heterocycles. The van der Waals surface area contributed by atoms with E-state index in [2.05, 4.69) is 51.6 Å². The van der Waals surface area contributed by atoms with Crippen molar-refractivity contribution in [3.8, 4) is 5.82 Å². The zero-order chi connectivity index (χ0) is 22.7. The third-order valence-corrected chi connectivity index (χ3v) is 6.34. The molecule has 0 spiro atoms. The monoisotopic (exact) mass is 453 g/mol. The normalized spacial score (nSPS) is 15.3. The van der Waals surface area contributed by atoms with Gasteiger partial charge in [0.2, 0.25) is 0 Å². The smallest absolute Gasteiger partial charge is 0.350 e. The number of aromatic nitrogens is 4. The van der Waals surface area contributed by atoms with Gasteiger partial charge in [-0.3, -0.25) is 14.6 Å². The van der Waals surface area contributed by atoms with Gasteiger partial charge in [-0.05, 0) is 37.5 Å². The lowest BCUT2D eigenvalue weighted by molar-refractivity contribution is 0.0931. The summed E-state index contributed by atoms with van der Waals surface area (Å²) in [4.78, 5) is 42.7. The average molecular weight is 454 g/mol. The summed E-state index contributed by atoms with van der Waals surface area (Å²) in [5.74, 6) is -0.335. The number of benzene rings is 1. The van der Waals surface area contributed by atoms with Crippen LogP contribution < -0.4 is 16.6 Å². The summed E-state index contributed by atoms with van der Waals surface area (Å²) >= 11 is 6.25. The maximum atomic E-state index is 13.0. The molecule has 8 nitrogen and oxygen atoms in total. The molecule has 0 bridgehead atoms. The number of aryl methyl sites for hydroxylation is 1. The summed E-state index contributed by atoms with van der Waals surface area (Å²) in [7, 11) is 0. The molecule has 0 aliphatic heterocycles. The Morgan fingerprint density at radius 2 is 1.84 bits per heavy atom. The molecule has 2 aromatic heterocycles. The Labute approximate surface area is 189 Å². The van der Waals surface area contributed by atoms with E-state index < -0.39 is 17.2 Å². The van der Waals surface area contributed by atoms with Crippen LogP contribution in [-0.4, -0.2) is 32.2 Å². The van der Waals surface area contributed by atoms with Crippen molar-refractivity contribution >= 4 is 17.5 Å². The first-order valence-electron chi connectivity index (χ1n) is 10.6. The molecule has 4 rings (SSSR count). The summed E-state index contributed by atoms with van der Waals surface area (Å²) < 4.78 is 0.906. The van der Waals surface area contributed by atoms with Crippen LogP contribution in [0, 0.1) is 6.92 Å². The van der Waals surface area contributed by atoms with Gasteiger partial charge in [-0.25, -0.2) is 9.78 Å². The summed E-state index contributed by atoms with van der Waals surface area (Å²) in [6.45, 7) is 2.52. The zero-order valence-corrected chi connectivity index (χ0v) is 18.5. The third kappa shape index (κ3) is 4.50. The number of hydrogen-bond acceptors (Lipinski definition) is 5. The van der Waals surface area contributed by atoms with E-state index in [9.17, 15) is 14.4 Å². The molecule has 1 saturated carbocycles. The zero-order valence-electron chi connectivity index (χ0n) is 17.7. The standard InChI is InChI=1S/C23H24ClN5O3/c1-15-5-7-16(8-6-15)23(11-3-2-4-12-23)14-25-21(31)20-17(24)9-10-18(27-20)29-22(32)28-19(30)13-26-29/h5-10,13H,2-4,11-12,14H2,1H3,(H,25,31)(H,28,30,32). The second kappa shape index (κ2) is 9.08. The fraction of sp³-hybridized carbons (Fsp3) is 0.348. The molecule has 9 heteroatoms. The number of halogens is 1. The second-order valence-electron chi connectivity index (χ2n) is 8.24. The van der Waals surface area contributed by atoms with Crippen molar-refractivity contribution in [3.63, 3.8) is 0 Å². The molecule has 1 aromatic carbocycles. The minimum atomic E-state index is -0.751.